The summed E-state index contributed by atoms with van der Waals surface area (Å²) in [7, 11) is 0. The summed E-state index contributed by atoms with van der Waals surface area (Å²) < 4.78 is 0.955. The summed E-state index contributed by atoms with van der Waals surface area (Å²) in [5.41, 5.74) is 12.1. The first-order chi connectivity index (χ1) is 7.90. The number of carbonyl (C=O) groups is 2. The zero-order valence-electron chi connectivity index (χ0n) is 9.77. The molecule has 1 aromatic carbocycles. The van der Waals surface area contributed by atoms with Gasteiger partial charge < -0.3 is 16.8 Å². The predicted octanol–water partition coefficient (Wildman–Crippen LogP) is 1.32. The van der Waals surface area contributed by atoms with Crippen LogP contribution in [0.3, 0.4) is 0 Å². The number of hydrogen-bond acceptors (Lipinski definition) is 3. The highest BCUT2D eigenvalue weighted by molar-refractivity contribution is 9.10. The van der Waals surface area contributed by atoms with E-state index in [1.807, 2.05) is 13.0 Å². The second-order valence-electron chi connectivity index (χ2n) is 3.73. The Kier molecular flexibility index (Phi) is 6.90. The molecule has 18 heavy (non-hydrogen) atoms. The number of rotatable bonds is 4. The molecule has 0 aliphatic heterocycles. The van der Waals surface area contributed by atoms with E-state index in [0.717, 1.165) is 10.0 Å². The van der Waals surface area contributed by atoms with Crippen LogP contribution >= 0.6 is 28.3 Å². The molecule has 0 spiro atoms. The number of aryl methyl sites for hydroxylation is 1. The Hall–Kier alpha value is -1.11. The monoisotopic (exact) mass is 335 g/mol. The number of amides is 2. The van der Waals surface area contributed by atoms with E-state index in [1.165, 1.54) is 0 Å². The van der Waals surface area contributed by atoms with Crippen LogP contribution in [0.4, 0.5) is 5.69 Å². The van der Waals surface area contributed by atoms with Gasteiger partial charge in [-0.2, -0.15) is 0 Å². The highest BCUT2D eigenvalue weighted by atomic mass is 79.9. The normalized spacial score (nSPS) is 11.3. The molecule has 0 fully saturated rings. The summed E-state index contributed by atoms with van der Waals surface area (Å²) >= 11 is 3.36. The molecular formula is C11H15BrClN3O2. The number of anilines is 1. The minimum absolute atomic E-state index is 0. The Morgan fingerprint density at radius 1 is 1.44 bits per heavy atom. The van der Waals surface area contributed by atoms with Gasteiger partial charge in [0.05, 0.1) is 12.5 Å². The Morgan fingerprint density at radius 3 is 2.56 bits per heavy atom. The molecule has 5 N–H and O–H groups in total. The van der Waals surface area contributed by atoms with Crippen LogP contribution in [-0.2, 0) is 9.59 Å². The quantitative estimate of drug-likeness (QED) is 0.773. The van der Waals surface area contributed by atoms with Gasteiger partial charge in [-0.25, -0.2) is 0 Å². The van der Waals surface area contributed by atoms with Gasteiger partial charge in [0.15, 0.2) is 0 Å². The maximum Gasteiger partial charge on any atom is 0.241 e. The zero-order valence-corrected chi connectivity index (χ0v) is 12.2. The Morgan fingerprint density at radius 2 is 2.06 bits per heavy atom. The van der Waals surface area contributed by atoms with Crippen molar-refractivity contribution in [3.8, 4) is 0 Å². The van der Waals surface area contributed by atoms with E-state index in [-0.39, 0.29) is 18.8 Å². The molecule has 0 aliphatic rings. The fourth-order valence-corrected chi connectivity index (χ4v) is 1.51. The molecule has 0 saturated carbocycles. The average molecular weight is 337 g/mol. The minimum Gasteiger partial charge on any atom is -0.370 e. The highest BCUT2D eigenvalue weighted by Crippen LogP contribution is 2.20. The lowest BCUT2D eigenvalue weighted by Crippen LogP contribution is -2.38. The maximum atomic E-state index is 11.6. The maximum absolute atomic E-state index is 11.6. The largest absolute Gasteiger partial charge is 0.370 e. The third kappa shape index (κ3) is 5.03. The minimum atomic E-state index is -0.920. The van der Waals surface area contributed by atoms with Crippen LogP contribution < -0.4 is 16.8 Å². The Bertz CT molecular complexity index is 454. The van der Waals surface area contributed by atoms with Crippen LogP contribution in [0.15, 0.2) is 22.7 Å². The van der Waals surface area contributed by atoms with E-state index in [4.69, 9.17) is 11.5 Å². The van der Waals surface area contributed by atoms with E-state index in [1.54, 1.807) is 12.1 Å². The molecule has 0 heterocycles. The topological polar surface area (TPSA) is 98.2 Å². The van der Waals surface area contributed by atoms with E-state index < -0.39 is 17.9 Å². The highest BCUT2D eigenvalue weighted by Gasteiger charge is 2.16. The molecule has 7 heteroatoms. The summed E-state index contributed by atoms with van der Waals surface area (Å²) in [6.45, 7) is 1.91. The fraction of sp³-hybridized carbons (Fsp3) is 0.273. The van der Waals surface area contributed by atoms with Gasteiger partial charge in [-0.05, 0) is 30.7 Å². The molecule has 5 nitrogen and oxygen atoms in total. The van der Waals surface area contributed by atoms with Crippen molar-refractivity contribution in [2.75, 3.05) is 5.32 Å². The number of hydrogen-bond donors (Lipinski definition) is 3. The van der Waals surface area contributed by atoms with Gasteiger partial charge in [0.1, 0.15) is 0 Å². The summed E-state index contributed by atoms with van der Waals surface area (Å²) in [4.78, 5) is 22.2. The Balaban J connectivity index is 0.00000289. The van der Waals surface area contributed by atoms with E-state index in [9.17, 15) is 9.59 Å². The van der Waals surface area contributed by atoms with Gasteiger partial charge >= 0.3 is 0 Å². The van der Waals surface area contributed by atoms with Crippen molar-refractivity contribution in [1.82, 2.24) is 0 Å². The lowest BCUT2D eigenvalue weighted by atomic mass is 10.2. The van der Waals surface area contributed by atoms with Crippen LogP contribution in [-0.4, -0.2) is 17.9 Å². The van der Waals surface area contributed by atoms with E-state index >= 15 is 0 Å². The van der Waals surface area contributed by atoms with Crippen molar-refractivity contribution in [2.24, 2.45) is 11.5 Å². The SMILES string of the molecule is Cc1cc(NC(=O)C(N)CC(N)=O)ccc1Br.Cl. The summed E-state index contributed by atoms with van der Waals surface area (Å²) in [5, 5.41) is 2.62. The van der Waals surface area contributed by atoms with E-state index in [2.05, 4.69) is 21.2 Å². The first-order valence-corrected chi connectivity index (χ1v) is 5.80. The molecule has 100 valence electrons. The summed E-state index contributed by atoms with van der Waals surface area (Å²) in [6.07, 6.45) is -0.165. The molecule has 0 aliphatic carbocycles. The number of primary amides is 1. The lowest BCUT2D eigenvalue weighted by molar-refractivity contribution is -0.123. The van der Waals surface area contributed by atoms with Crippen molar-refractivity contribution in [2.45, 2.75) is 19.4 Å². The molecule has 0 radical (unpaired) electrons. The van der Waals surface area contributed by atoms with Crippen LogP contribution in [0.1, 0.15) is 12.0 Å². The van der Waals surface area contributed by atoms with Gasteiger partial charge in [0.25, 0.3) is 0 Å². The first kappa shape index (κ1) is 16.9. The number of nitrogens with one attached hydrogen (secondary N) is 1. The Labute approximate surface area is 120 Å². The summed E-state index contributed by atoms with van der Waals surface area (Å²) in [6, 6.07) is 4.45. The van der Waals surface area contributed by atoms with Crippen molar-refractivity contribution in [3.05, 3.63) is 28.2 Å². The fourth-order valence-electron chi connectivity index (χ4n) is 1.27. The van der Waals surface area contributed by atoms with Crippen LogP contribution in [0.5, 0.6) is 0 Å². The molecule has 1 unspecified atom stereocenters. The molecular weight excluding hydrogens is 321 g/mol. The van der Waals surface area contributed by atoms with Gasteiger partial charge in [-0.1, -0.05) is 15.9 Å². The number of carbonyl (C=O) groups excluding carboxylic acids is 2. The summed E-state index contributed by atoms with van der Waals surface area (Å²) in [5.74, 6) is -1.02. The molecule has 1 atom stereocenters. The van der Waals surface area contributed by atoms with Gasteiger partial charge in [-0.3, -0.25) is 9.59 Å². The van der Waals surface area contributed by atoms with Gasteiger partial charge in [0.2, 0.25) is 11.8 Å². The van der Waals surface area contributed by atoms with Crippen molar-refractivity contribution in [1.29, 1.82) is 0 Å². The van der Waals surface area contributed by atoms with Crippen molar-refractivity contribution in [3.63, 3.8) is 0 Å². The van der Waals surface area contributed by atoms with Crippen LogP contribution in [0, 0.1) is 6.92 Å². The third-order valence-corrected chi connectivity index (χ3v) is 3.07. The second kappa shape index (κ2) is 7.35. The molecule has 2 amide bonds. The van der Waals surface area contributed by atoms with Gasteiger partial charge in [0, 0.05) is 10.2 Å². The molecule has 1 aromatic rings. The average Bonchev–Trinajstić information content (AvgIpc) is 2.22. The lowest BCUT2D eigenvalue weighted by Gasteiger charge is -2.11. The molecule has 1 rings (SSSR count). The van der Waals surface area contributed by atoms with Gasteiger partial charge in [-0.15, -0.1) is 12.4 Å². The van der Waals surface area contributed by atoms with Crippen LogP contribution in [0.2, 0.25) is 0 Å². The standard InChI is InChI=1S/C11H14BrN3O2.ClH/c1-6-4-7(2-3-8(6)12)15-11(17)9(13)5-10(14)16;/h2-4,9H,5,13H2,1H3,(H2,14,16)(H,15,17);1H. The molecule has 0 bridgehead atoms. The molecule has 0 saturated heterocycles. The zero-order chi connectivity index (χ0) is 13.0. The van der Waals surface area contributed by atoms with Crippen LogP contribution in [0.25, 0.3) is 0 Å². The molecule has 0 aromatic heterocycles. The van der Waals surface area contributed by atoms with Crippen molar-refractivity contribution < 1.29 is 9.59 Å². The number of halogens is 2. The van der Waals surface area contributed by atoms with E-state index in [0.29, 0.717) is 5.69 Å². The third-order valence-electron chi connectivity index (χ3n) is 2.18. The second-order valence-corrected chi connectivity index (χ2v) is 4.58. The van der Waals surface area contributed by atoms with Crippen molar-refractivity contribution >= 4 is 45.8 Å². The number of benzene rings is 1. The first-order valence-electron chi connectivity index (χ1n) is 5.01. The smallest absolute Gasteiger partial charge is 0.241 e. The number of nitrogens with two attached hydrogens (primary N) is 2. The predicted molar refractivity (Wildman–Crippen MR) is 76.5 cm³/mol.